The fourth-order valence-electron chi connectivity index (χ4n) is 9.60. The van der Waals surface area contributed by atoms with Crippen LogP contribution in [-0.2, 0) is 0 Å². The maximum Gasteiger partial charge on any atom is 0.135 e. The molecule has 0 fully saturated rings. The molecule has 0 bridgehead atoms. The number of fused-ring (bicyclic) bond motifs is 14. The lowest BCUT2D eigenvalue weighted by atomic mass is 10.1. The van der Waals surface area contributed by atoms with Gasteiger partial charge in [-0.1, -0.05) is 84.9 Å². The lowest BCUT2D eigenvalue weighted by Gasteiger charge is -2.26. The second kappa shape index (κ2) is 13.5. The van der Waals surface area contributed by atoms with Gasteiger partial charge in [-0.2, -0.15) is 0 Å². The molecule has 0 aliphatic carbocycles. The van der Waals surface area contributed by atoms with E-state index in [1.165, 1.54) is 49.7 Å². The summed E-state index contributed by atoms with van der Waals surface area (Å²) in [6.07, 6.45) is 0. The molecule has 0 unspecified atom stereocenters. The molecule has 0 saturated heterocycles. The van der Waals surface area contributed by atoms with Crippen LogP contribution in [0.2, 0.25) is 0 Å². The Morgan fingerprint density at radius 1 is 0.270 bits per heavy atom. The molecule has 14 aromatic rings. The number of nitrogens with zero attached hydrogens (tertiary/aromatic N) is 2. The van der Waals surface area contributed by atoms with E-state index in [4.69, 9.17) is 8.83 Å². The number of anilines is 6. The molecule has 0 spiro atoms. The average Bonchev–Trinajstić information content (AvgIpc) is 4.14. The number of para-hydroxylation sites is 3. The highest BCUT2D eigenvalue weighted by molar-refractivity contribution is 7.44. The summed E-state index contributed by atoms with van der Waals surface area (Å²) in [6.45, 7) is 0. The number of hydrogen-bond acceptors (Lipinski definition) is 7. The molecule has 0 aliphatic rings. The Morgan fingerprint density at radius 2 is 0.714 bits per heavy atom. The summed E-state index contributed by atoms with van der Waals surface area (Å²) in [5.74, 6) is 0. The van der Waals surface area contributed by atoms with Crippen molar-refractivity contribution in [3.8, 4) is 0 Å². The van der Waals surface area contributed by atoms with Crippen molar-refractivity contribution in [1.82, 2.24) is 0 Å². The summed E-state index contributed by atoms with van der Waals surface area (Å²) in [5.41, 5.74) is 10.2. The Labute approximate surface area is 372 Å². The van der Waals surface area contributed by atoms with Gasteiger partial charge in [0, 0.05) is 101 Å². The summed E-state index contributed by atoms with van der Waals surface area (Å²) in [4.78, 5) is 4.77. The second-order valence-electron chi connectivity index (χ2n) is 16.1. The van der Waals surface area contributed by atoms with Gasteiger partial charge in [-0.25, -0.2) is 0 Å². The van der Waals surface area contributed by atoms with Crippen molar-refractivity contribution in [2.75, 3.05) is 9.80 Å². The van der Waals surface area contributed by atoms with Crippen LogP contribution >= 0.6 is 34.0 Å². The Hall–Kier alpha value is -7.42. The van der Waals surface area contributed by atoms with Crippen LogP contribution in [0.25, 0.3) is 93.6 Å². The van der Waals surface area contributed by atoms with Gasteiger partial charge < -0.3 is 18.6 Å². The van der Waals surface area contributed by atoms with Crippen LogP contribution < -0.4 is 9.80 Å². The maximum absolute atomic E-state index is 6.30. The molecule has 5 aromatic heterocycles. The first-order valence-electron chi connectivity index (χ1n) is 21.0. The Morgan fingerprint density at radius 3 is 1.40 bits per heavy atom. The summed E-state index contributed by atoms with van der Waals surface area (Å²) >= 11 is 5.62. The van der Waals surface area contributed by atoms with E-state index in [0.29, 0.717) is 0 Å². The van der Waals surface area contributed by atoms with Crippen LogP contribution in [0.15, 0.2) is 203 Å². The first-order chi connectivity index (χ1) is 31.2. The van der Waals surface area contributed by atoms with Crippen LogP contribution in [-0.4, -0.2) is 0 Å². The smallest absolute Gasteiger partial charge is 0.135 e. The van der Waals surface area contributed by atoms with E-state index >= 15 is 0 Å². The fraction of sp³-hybridized carbons (Fsp3) is 0. The van der Waals surface area contributed by atoms with Gasteiger partial charge in [-0.05, 0) is 109 Å². The van der Waals surface area contributed by atoms with Crippen molar-refractivity contribution in [3.05, 3.63) is 194 Å². The lowest BCUT2D eigenvalue weighted by Crippen LogP contribution is -2.09. The number of hydrogen-bond donors (Lipinski definition) is 0. The van der Waals surface area contributed by atoms with Crippen LogP contribution in [0, 0.1) is 0 Å². The molecular weight excluding hydrogens is 829 g/mol. The molecule has 14 rings (SSSR count). The fourth-order valence-corrected chi connectivity index (χ4v) is 13.4. The van der Waals surface area contributed by atoms with Crippen LogP contribution in [0.5, 0.6) is 0 Å². The largest absolute Gasteiger partial charge is 0.456 e. The minimum absolute atomic E-state index is 0.889. The van der Waals surface area contributed by atoms with Crippen LogP contribution in [0.4, 0.5) is 34.1 Å². The number of thiophene rings is 3. The molecule has 7 heteroatoms. The number of furan rings is 2. The SMILES string of the molecule is c1ccc(N(c2ccc3c(c2)sc2sc4ccc(N(c5ccc6c(c5)sc5ccccc56)c5ccc6oc7ccccc7c6c5)cc4c23)c2ccc3oc4ccccc4c3c2)cc1. The van der Waals surface area contributed by atoms with Crippen molar-refractivity contribution in [1.29, 1.82) is 0 Å². The Kier molecular flexibility index (Phi) is 7.57. The first-order valence-corrected chi connectivity index (χ1v) is 23.4. The molecule has 63 heavy (non-hydrogen) atoms. The zero-order valence-corrected chi connectivity index (χ0v) is 35.9. The van der Waals surface area contributed by atoms with Crippen molar-refractivity contribution in [2.45, 2.75) is 0 Å². The highest BCUT2D eigenvalue weighted by Crippen LogP contribution is 2.49. The molecule has 9 aromatic carbocycles. The van der Waals surface area contributed by atoms with Gasteiger partial charge in [0.2, 0.25) is 0 Å². The van der Waals surface area contributed by atoms with E-state index in [9.17, 15) is 0 Å². The van der Waals surface area contributed by atoms with Gasteiger partial charge in [-0.15, -0.1) is 34.0 Å². The Bertz CT molecular complexity index is 4130. The molecule has 0 aliphatic heterocycles. The Balaban J connectivity index is 0.933. The highest BCUT2D eigenvalue weighted by Gasteiger charge is 2.22. The van der Waals surface area contributed by atoms with Crippen molar-refractivity contribution in [3.63, 3.8) is 0 Å². The molecule has 296 valence electrons. The van der Waals surface area contributed by atoms with E-state index < -0.39 is 0 Å². The summed E-state index contributed by atoms with van der Waals surface area (Å²) in [5, 5.41) is 10.9. The standard InChI is InChI=1S/C56H32N2O2S3/c1-2-10-33(11-3-1)57(34-20-25-49-44(28-34)39-12-4-7-15-47(39)59-49)37-19-24-43-54(32-37)63-56-55(43)46-30-36(22-27-52(46)62-56)58(35-21-26-50-45(29-35)40-13-5-8-16-48(40)60-50)38-18-23-42-41-14-6-9-17-51(41)61-53(42)31-38/h1-32H. The number of rotatable bonds is 6. The van der Waals surface area contributed by atoms with Crippen LogP contribution in [0.1, 0.15) is 0 Å². The summed E-state index contributed by atoms with van der Waals surface area (Å²) in [6, 6.07) is 70.0. The molecule has 5 heterocycles. The molecule has 0 N–H and O–H groups in total. The zero-order valence-electron chi connectivity index (χ0n) is 33.4. The third-order valence-electron chi connectivity index (χ3n) is 12.5. The average molecular weight is 861 g/mol. The van der Waals surface area contributed by atoms with Gasteiger partial charge in [0.1, 0.15) is 22.3 Å². The van der Waals surface area contributed by atoms with Crippen LogP contribution in [0.3, 0.4) is 0 Å². The highest BCUT2D eigenvalue weighted by atomic mass is 32.2. The predicted octanol–water partition coefficient (Wildman–Crippen LogP) is 18.4. The molecule has 0 atom stereocenters. The van der Waals surface area contributed by atoms with Crippen molar-refractivity contribution in [2.24, 2.45) is 0 Å². The molecular formula is C56H32N2O2S3. The summed E-state index contributed by atoms with van der Waals surface area (Å²) < 4.78 is 19.0. The number of benzene rings is 9. The third kappa shape index (κ3) is 5.44. The van der Waals surface area contributed by atoms with Gasteiger partial charge in [0.15, 0.2) is 0 Å². The van der Waals surface area contributed by atoms with Gasteiger partial charge in [0.05, 0.1) is 4.01 Å². The monoisotopic (exact) mass is 860 g/mol. The van der Waals surface area contributed by atoms with Gasteiger partial charge in [-0.3, -0.25) is 0 Å². The van der Waals surface area contributed by atoms with Crippen molar-refractivity contribution < 1.29 is 8.83 Å². The first kappa shape index (κ1) is 35.2. The second-order valence-corrected chi connectivity index (χ2v) is 19.5. The minimum Gasteiger partial charge on any atom is -0.456 e. The zero-order chi connectivity index (χ0) is 41.2. The minimum atomic E-state index is 0.889. The quantitative estimate of drug-likeness (QED) is 0.167. The molecule has 0 radical (unpaired) electrons. The van der Waals surface area contributed by atoms with E-state index in [0.717, 1.165) is 78.0 Å². The topological polar surface area (TPSA) is 32.8 Å². The summed E-state index contributed by atoms with van der Waals surface area (Å²) in [7, 11) is 0. The molecule has 4 nitrogen and oxygen atoms in total. The van der Waals surface area contributed by atoms with E-state index in [2.05, 4.69) is 180 Å². The third-order valence-corrected chi connectivity index (χ3v) is 16.0. The van der Waals surface area contributed by atoms with E-state index in [-0.39, 0.29) is 0 Å². The van der Waals surface area contributed by atoms with Crippen molar-refractivity contribution >= 4 is 162 Å². The maximum atomic E-state index is 6.30. The van der Waals surface area contributed by atoms with E-state index in [1.807, 2.05) is 58.3 Å². The normalized spacial score (nSPS) is 12.1. The van der Waals surface area contributed by atoms with E-state index in [1.54, 1.807) is 0 Å². The molecule has 0 amide bonds. The lowest BCUT2D eigenvalue weighted by molar-refractivity contribution is 0.668. The van der Waals surface area contributed by atoms with Gasteiger partial charge in [0.25, 0.3) is 0 Å². The van der Waals surface area contributed by atoms with Gasteiger partial charge >= 0.3 is 0 Å². The molecule has 0 saturated carbocycles. The predicted molar refractivity (Wildman–Crippen MR) is 272 cm³/mol.